The molecule has 2 N–H and O–H groups in total. The number of hydrogen-bond acceptors (Lipinski definition) is 4. The molecule has 3 aliphatic rings. The molecule has 3 atom stereocenters. The molecule has 1 fully saturated rings. The lowest BCUT2D eigenvalue weighted by molar-refractivity contribution is -0.166. The molecule has 5 rings (SSSR count). The van der Waals surface area contributed by atoms with Gasteiger partial charge >= 0.3 is 0 Å². The van der Waals surface area contributed by atoms with Crippen LogP contribution in [0.3, 0.4) is 0 Å². The van der Waals surface area contributed by atoms with Gasteiger partial charge in [0.25, 0.3) is 5.91 Å². The third-order valence-corrected chi connectivity index (χ3v) is 7.78. The van der Waals surface area contributed by atoms with Crippen molar-refractivity contribution in [2.45, 2.75) is 76.5 Å². The van der Waals surface area contributed by atoms with Crippen LogP contribution in [0.2, 0.25) is 0 Å². The van der Waals surface area contributed by atoms with E-state index in [9.17, 15) is 9.90 Å². The highest BCUT2D eigenvalue weighted by Gasteiger charge is 2.38. The second-order valence-electron chi connectivity index (χ2n) is 10.1. The molecule has 5 nitrogen and oxygen atoms in total. The number of hydrogen-bond donors (Lipinski definition) is 2. The summed E-state index contributed by atoms with van der Waals surface area (Å²) < 4.78 is 12.2. The van der Waals surface area contributed by atoms with Gasteiger partial charge in [0, 0.05) is 31.1 Å². The van der Waals surface area contributed by atoms with Crippen LogP contribution in [-0.4, -0.2) is 36.6 Å². The fourth-order valence-electron chi connectivity index (χ4n) is 6.02. The Kier molecular flexibility index (Phi) is 7.54. The summed E-state index contributed by atoms with van der Waals surface area (Å²) in [6, 6.07) is 15.5. The molecule has 0 unspecified atom stereocenters. The highest BCUT2D eigenvalue weighted by molar-refractivity contribution is 5.92. The Hall–Kier alpha value is -2.63. The number of amides is 1. The second-order valence-corrected chi connectivity index (χ2v) is 10.1. The summed E-state index contributed by atoms with van der Waals surface area (Å²) in [6.45, 7) is 2.58. The molecule has 2 aromatic carbocycles. The van der Waals surface area contributed by atoms with Crippen molar-refractivity contribution >= 4 is 5.91 Å². The maximum Gasteiger partial charge on any atom is 0.286 e. The average Bonchev–Trinajstić information content (AvgIpc) is 3.26. The predicted octanol–water partition coefficient (Wildman–Crippen LogP) is 5.46. The molecule has 2 aliphatic carbocycles. The van der Waals surface area contributed by atoms with E-state index in [0.29, 0.717) is 18.8 Å². The maximum absolute atomic E-state index is 13.2. The standard InChI is InChI=1S/C30H37NO4/c1-2-34-30-26(13-8-16-32)27(19-28(35-30)29(33)31-23-10-4-3-5-11-23)21-14-15-25-22(18-21)17-20-9-6-7-12-24(20)25/h6-7,9,12,14-15,18-19,23,26-27,30,32H,2-5,8,10-11,13,16-17H2,1H3,(H,31,33)/t26-,27-,30-/m1/s1. The van der Waals surface area contributed by atoms with Gasteiger partial charge in [0.15, 0.2) is 5.76 Å². The summed E-state index contributed by atoms with van der Waals surface area (Å²) >= 11 is 0. The molecule has 186 valence electrons. The highest BCUT2D eigenvalue weighted by Crippen LogP contribution is 2.43. The van der Waals surface area contributed by atoms with Gasteiger partial charge in [0.05, 0.1) is 0 Å². The minimum Gasteiger partial charge on any atom is -0.459 e. The fourth-order valence-corrected chi connectivity index (χ4v) is 6.02. The van der Waals surface area contributed by atoms with E-state index in [4.69, 9.17) is 9.47 Å². The van der Waals surface area contributed by atoms with E-state index in [-0.39, 0.29) is 30.4 Å². The summed E-state index contributed by atoms with van der Waals surface area (Å²) in [7, 11) is 0. The van der Waals surface area contributed by atoms with Gasteiger partial charge in [0.1, 0.15) is 0 Å². The molecule has 1 amide bonds. The summed E-state index contributed by atoms with van der Waals surface area (Å²) in [5.41, 5.74) is 6.47. The van der Waals surface area contributed by atoms with E-state index in [0.717, 1.165) is 38.5 Å². The van der Waals surface area contributed by atoms with Gasteiger partial charge in [-0.3, -0.25) is 4.79 Å². The largest absolute Gasteiger partial charge is 0.459 e. The van der Waals surface area contributed by atoms with Crippen LogP contribution < -0.4 is 5.32 Å². The minimum atomic E-state index is -0.515. The average molecular weight is 476 g/mol. The van der Waals surface area contributed by atoms with Crippen molar-refractivity contribution in [3.63, 3.8) is 0 Å². The van der Waals surface area contributed by atoms with E-state index >= 15 is 0 Å². The zero-order valence-electron chi connectivity index (χ0n) is 20.7. The van der Waals surface area contributed by atoms with Gasteiger partial charge < -0.3 is 19.9 Å². The Labute approximate surface area is 208 Å². The first-order valence-corrected chi connectivity index (χ1v) is 13.3. The molecule has 0 radical (unpaired) electrons. The van der Waals surface area contributed by atoms with Crippen molar-refractivity contribution < 1.29 is 19.4 Å². The normalized spacial score (nSPS) is 23.7. The van der Waals surface area contributed by atoms with Crippen LogP contribution in [-0.2, 0) is 20.7 Å². The molecule has 5 heteroatoms. The smallest absolute Gasteiger partial charge is 0.286 e. The number of nitrogens with one attached hydrogen (secondary N) is 1. The first-order chi connectivity index (χ1) is 17.2. The molecule has 1 heterocycles. The number of carbonyl (C=O) groups excluding carboxylic acids is 1. The van der Waals surface area contributed by atoms with Crippen LogP contribution in [0, 0.1) is 5.92 Å². The van der Waals surface area contributed by atoms with E-state index in [2.05, 4.69) is 47.8 Å². The lowest BCUT2D eigenvalue weighted by Crippen LogP contribution is -2.42. The Morgan fingerprint density at radius 1 is 1.09 bits per heavy atom. The van der Waals surface area contributed by atoms with Gasteiger partial charge in [-0.25, -0.2) is 0 Å². The van der Waals surface area contributed by atoms with Gasteiger partial charge in [0.2, 0.25) is 6.29 Å². The molecule has 2 aromatic rings. The number of aliphatic hydroxyl groups is 1. The van der Waals surface area contributed by atoms with E-state index in [1.165, 1.54) is 34.2 Å². The number of benzene rings is 2. The van der Waals surface area contributed by atoms with Crippen LogP contribution in [0.15, 0.2) is 54.3 Å². The third kappa shape index (κ3) is 5.17. The van der Waals surface area contributed by atoms with Gasteiger partial charge in [-0.15, -0.1) is 0 Å². The van der Waals surface area contributed by atoms with E-state index < -0.39 is 6.29 Å². The van der Waals surface area contributed by atoms with E-state index in [1.807, 2.05) is 13.0 Å². The van der Waals surface area contributed by atoms with Gasteiger partial charge in [-0.2, -0.15) is 0 Å². The molecule has 0 saturated heterocycles. The van der Waals surface area contributed by atoms with Crippen LogP contribution in [0.1, 0.15) is 74.5 Å². The lowest BCUT2D eigenvalue weighted by atomic mass is 9.79. The van der Waals surface area contributed by atoms with Crippen molar-refractivity contribution in [3.05, 3.63) is 71.0 Å². The third-order valence-electron chi connectivity index (χ3n) is 7.78. The number of carbonyl (C=O) groups is 1. The molecule has 35 heavy (non-hydrogen) atoms. The van der Waals surface area contributed by atoms with Crippen LogP contribution in [0.5, 0.6) is 0 Å². The van der Waals surface area contributed by atoms with Crippen LogP contribution >= 0.6 is 0 Å². The Bertz CT molecular complexity index is 1070. The fraction of sp³-hybridized carbons (Fsp3) is 0.500. The topological polar surface area (TPSA) is 67.8 Å². The van der Waals surface area contributed by atoms with Crippen LogP contribution in [0.4, 0.5) is 0 Å². The van der Waals surface area contributed by atoms with Crippen LogP contribution in [0.25, 0.3) is 11.1 Å². The first-order valence-electron chi connectivity index (χ1n) is 13.3. The van der Waals surface area contributed by atoms with Crippen molar-refractivity contribution in [1.29, 1.82) is 0 Å². The van der Waals surface area contributed by atoms with Crippen molar-refractivity contribution in [3.8, 4) is 11.1 Å². The lowest BCUT2D eigenvalue weighted by Gasteiger charge is -2.37. The Balaban J connectivity index is 1.46. The Morgan fingerprint density at radius 3 is 2.69 bits per heavy atom. The molecule has 0 aromatic heterocycles. The molecular weight excluding hydrogens is 438 g/mol. The highest BCUT2D eigenvalue weighted by atomic mass is 16.7. The summed E-state index contributed by atoms with van der Waals surface area (Å²) in [5, 5.41) is 12.8. The molecule has 1 aliphatic heterocycles. The van der Waals surface area contributed by atoms with E-state index in [1.54, 1.807) is 0 Å². The zero-order valence-corrected chi connectivity index (χ0v) is 20.7. The molecule has 1 saturated carbocycles. The van der Waals surface area contributed by atoms with Crippen molar-refractivity contribution in [1.82, 2.24) is 5.32 Å². The van der Waals surface area contributed by atoms with Gasteiger partial charge in [-0.1, -0.05) is 61.7 Å². The molecule has 0 spiro atoms. The number of ether oxygens (including phenoxy) is 2. The SMILES string of the molecule is CCO[C@@H]1OC(C(=O)NC2CCCCC2)=C[C@H](c2ccc3c(c2)Cc2ccccc2-3)[C@H]1CCCO. The molecular formula is C30H37NO4. The maximum atomic E-state index is 13.2. The van der Waals surface area contributed by atoms with Crippen molar-refractivity contribution in [2.24, 2.45) is 5.92 Å². The molecule has 0 bridgehead atoms. The first kappa shape index (κ1) is 24.1. The monoisotopic (exact) mass is 475 g/mol. The quantitative estimate of drug-likeness (QED) is 0.454. The van der Waals surface area contributed by atoms with Gasteiger partial charge in [-0.05, 0) is 72.9 Å². The number of fused-ring (bicyclic) bond motifs is 3. The zero-order chi connectivity index (χ0) is 24.2. The number of allylic oxidation sites excluding steroid dienone is 1. The second kappa shape index (κ2) is 11.0. The predicted molar refractivity (Wildman–Crippen MR) is 137 cm³/mol. The number of rotatable bonds is 8. The Morgan fingerprint density at radius 2 is 1.89 bits per heavy atom. The summed E-state index contributed by atoms with van der Waals surface area (Å²) in [5.74, 6) is 0.229. The minimum absolute atomic E-state index is 0.0204. The van der Waals surface area contributed by atoms with Crippen molar-refractivity contribution in [2.75, 3.05) is 13.2 Å². The summed E-state index contributed by atoms with van der Waals surface area (Å²) in [4.78, 5) is 13.2. The summed E-state index contributed by atoms with van der Waals surface area (Å²) in [6.07, 6.45) is 9.47. The number of aliphatic hydroxyl groups excluding tert-OH is 1.